The lowest BCUT2D eigenvalue weighted by atomic mass is 10.2. The number of aryl methyl sites for hydroxylation is 1. The Bertz CT molecular complexity index is 826. The summed E-state index contributed by atoms with van der Waals surface area (Å²) >= 11 is 1.78. The summed E-state index contributed by atoms with van der Waals surface area (Å²) in [5.41, 5.74) is 3.32. The van der Waals surface area contributed by atoms with Crippen molar-refractivity contribution in [3.8, 4) is 0 Å². The van der Waals surface area contributed by atoms with Crippen LogP contribution in [0, 0.1) is 6.92 Å². The predicted octanol–water partition coefficient (Wildman–Crippen LogP) is 2.44. The Morgan fingerprint density at radius 1 is 1.32 bits per heavy atom. The molecule has 0 spiro atoms. The summed E-state index contributed by atoms with van der Waals surface area (Å²) in [7, 11) is -1.05. The fourth-order valence-electron chi connectivity index (χ4n) is 3.15. The Kier molecular flexibility index (Phi) is 5.62. The average Bonchev–Trinajstić information content (AvgIpc) is 3.12. The van der Waals surface area contributed by atoms with Crippen molar-refractivity contribution in [2.75, 3.05) is 19.3 Å². The maximum absolute atomic E-state index is 12.3. The molecular weight excluding hydrogens is 356 g/mol. The number of fused-ring (bicyclic) bond motifs is 1. The Morgan fingerprint density at radius 3 is 2.80 bits per heavy atom. The Balaban J connectivity index is 1.65. The highest BCUT2D eigenvalue weighted by Gasteiger charge is 2.27. The second kappa shape index (κ2) is 7.57. The van der Waals surface area contributed by atoms with Crippen molar-refractivity contribution in [2.45, 2.75) is 46.4 Å². The molecule has 6 nitrogen and oxygen atoms in total. The number of hydrogen-bond acceptors (Lipinski definition) is 5. The molecule has 0 aliphatic carbocycles. The summed E-state index contributed by atoms with van der Waals surface area (Å²) in [6.45, 7) is 7.28. The van der Waals surface area contributed by atoms with Gasteiger partial charge in [-0.3, -0.25) is 9.58 Å². The molecule has 2 aromatic rings. The first-order chi connectivity index (χ1) is 11.9. The molecule has 3 rings (SSSR count). The second-order valence-electron chi connectivity index (χ2n) is 6.70. The lowest BCUT2D eigenvalue weighted by Crippen LogP contribution is -2.39. The minimum atomic E-state index is -3.15. The van der Waals surface area contributed by atoms with Crippen LogP contribution in [0.4, 0.5) is 0 Å². The minimum Gasteiger partial charge on any atom is -0.295 e. The molecule has 0 saturated carbocycles. The van der Waals surface area contributed by atoms with Gasteiger partial charge in [0, 0.05) is 24.5 Å². The van der Waals surface area contributed by atoms with Gasteiger partial charge in [0.25, 0.3) is 0 Å². The van der Waals surface area contributed by atoms with E-state index in [4.69, 9.17) is 0 Å². The first kappa shape index (κ1) is 18.6. The minimum absolute atomic E-state index is 0.219. The van der Waals surface area contributed by atoms with E-state index in [1.165, 1.54) is 10.4 Å². The van der Waals surface area contributed by atoms with Gasteiger partial charge in [0.2, 0.25) is 10.0 Å². The largest absolute Gasteiger partial charge is 0.295 e. The summed E-state index contributed by atoms with van der Waals surface area (Å²) in [5, 5.41) is 6.79. The maximum atomic E-state index is 12.3. The molecule has 0 fully saturated rings. The average molecular weight is 383 g/mol. The van der Waals surface area contributed by atoms with Gasteiger partial charge < -0.3 is 0 Å². The van der Waals surface area contributed by atoms with E-state index in [1.807, 2.05) is 17.7 Å². The smallest absolute Gasteiger partial charge is 0.214 e. The van der Waals surface area contributed by atoms with Crippen molar-refractivity contribution >= 4 is 21.4 Å². The summed E-state index contributed by atoms with van der Waals surface area (Å²) in [5.74, 6) is 0.219. The van der Waals surface area contributed by atoms with Crippen LogP contribution in [-0.4, -0.2) is 46.7 Å². The third-order valence-electron chi connectivity index (χ3n) is 4.48. The third-order valence-corrected chi connectivity index (χ3v) is 7.51. The van der Waals surface area contributed by atoms with Gasteiger partial charge in [0.15, 0.2) is 0 Å². The number of hydrogen-bond donors (Lipinski definition) is 0. The molecule has 1 aliphatic heterocycles. The molecule has 3 heterocycles. The summed E-state index contributed by atoms with van der Waals surface area (Å²) in [6, 6.07) is 4.19. The second-order valence-corrected chi connectivity index (χ2v) is 9.79. The number of rotatable bonds is 7. The summed E-state index contributed by atoms with van der Waals surface area (Å²) in [4.78, 5) is 3.63. The number of nitrogens with zero attached hydrogens (tertiary/aromatic N) is 4. The van der Waals surface area contributed by atoms with Gasteiger partial charge in [-0.25, -0.2) is 8.42 Å². The van der Waals surface area contributed by atoms with Gasteiger partial charge in [-0.05, 0) is 43.5 Å². The van der Waals surface area contributed by atoms with Crippen LogP contribution >= 0.6 is 11.3 Å². The molecular formula is C17H26N4O2S2. The van der Waals surface area contributed by atoms with Crippen molar-refractivity contribution in [1.29, 1.82) is 0 Å². The van der Waals surface area contributed by atoms with Gasteiger partial charge in [-0.15, -0.1) is 11.3 Å². The normalized spacial score (nSPS) is 15.7. The van der Waals surface area contributed by atoms with Crippen LogP contribution in [0.15, 0.2) is 17.5 Å². The van der Waals surface area contributed by atoms with Crippen LogP contribution < -0.4 is 0 Å². The molecule has 2 aromatic heterocycles. The predicted molar refractivity (Wildman–Crippen MR) is 101 cm³/mol. The monoisotopic (exact) mass is 382 g/mol. The molecule has 0 unspecified atom stereocenters. The van der Waals surface area contributed by atoms with Crippen LogP contribution in [-0.2, 0) is 36.2 Å². The van der Waals surface area contributed by atoms with E-state index in [9.17, 15) is 8.42 Å². The molecule has 25 heavy (non-hydrogen) atoms. The lowest BCUT2D eigenvalue weighted by Gasteiger charge is -2.26. The highest BCUT2D eigenvalue weighted by molar-refractivity contribution is 7.89. The van der Waals surface area contributed by atoms with Gasteiger partial charge in [-0.1, -0.05) is 6.92 Å². The highest BCUT2D eigenvalue weighted by atomic mass is 32.2. The van der Waals surface area contributed by atoms with E-state index in [2.05, 4.69) is 35.4 Å². The first-order valence-corrected chi connectivity index (χ1v) is 11.1. The Morgan fingerprint density at radius 2 is 2.12 bits per heavy atom. The van der Waals surface area contributed by atoms with Gasteiger partial charge >= 0.3 is 0 Å². The molecule has 0 N–H and O–H groups in total. The van der Waals surface area contributed by atoms with E-state index in [0.29, 0.717) is 26.1 Å². The zero-order valence-electron chi connectivity index (χ0n) is 15.1. The topological polar surface area (TPSA) is 58.4 Å². The standard InChI is InChI=1S/C17H26N4O2S2/c1-4-9-25(22,23)20-6-7-21-16(12-20)10-15(18-21)11-19(3)13-17-14(2)5-8-24-17/h5,8,10H,4,6-7,9,11-13H2,1-3H3. The number of thiophene rings is 1. The number of aromatic nitrogens is 2. The lowest BCUT2D eigenvalue weighted by molar-refractivity contribution is 0.309. The van der Waals surface area contributed by atoms with Gasteiger partial charge in [-0.2, -0.15) is 9.40 Å². The fourth-order valence-corrected chi connectivity index (χ4v) is 5.60. The molecule has 138 valence electrons. The zero-order valence-corrected chi connectivity index (χ0v) is 16.7. The fraction of sp³-hybridized carbons (Fsp3) is 0.588. The van der Waals surface area contributed by atoms with E-state index in [0.717, 1.165) is 24.5 Å². The molecule has 0 bridgehead atoms. The van der Waals surface area contributed by atoms with Crippen LogP contribution in [0.3, 0.4) is 0 Å². The van der Waals surface area contributed by atoms with Gasteiger partial charge in [0.05, 0.1) is 30.2 Å². The molecule has 0 amide bonds. The van der Waals surface area contributed by atoms with Crippen molar-refractivity contribution in [3.63, 3.8) is 0 Å². The maximum Gasteiger partial charge on any atom is 0.214 e. The van der Waals surface area contributed by atoms with Crippen molar-refractivity contribution in [1.82, 2.24) is 19.0 Å². The van der Waals surface area contributed by atoms with Crippen LogP contribution in [0.2, 0.25) is 0 Å². The van der Waals surface area contributed by atoms with Crippen molar-refractivity contribution < 1.29 is 8.42 Å². The highest BCUT2D eigenvalue weighted by Crippen LogP contribution is 2.20. The molecule has 0 radical (unpaired) electrons. The third kappa shape index (κ3) is 4.31. The van der Waals surface area contributed by atoms with Crippen LogP contribution in [0.1, 0.15) is 35.2 Å². The van der Waals surface area contributed by atoms with E-state index >= 15 is 0 Å². The SMILES string of the molecule is CCCS(=O)(=O)N1CCn2nc(CN(C)Cc3sccc3C)cc2C1. The van der Waals surface area contributed by atoms with E-state index in [1.54, 1.807) is 15.6 Å². The van der Waals surface area contributed by atoms with E-state index < -0.39 is 10.0 Å². The van der Waals surface area contributed by atoms with Crippen molar-refractivity contribution in [2.24, 2.45) is 0 Å². The summed E-state index contributed by atoms with van der Waals surface area (Å²) in [6.07, 6.45) is 0.649. The molecule has 0 aromatic carbocycles. The number of sulfonamides is 1. The van der Waals surface area contributed by atoms with E-state index in [-0.39, 0.29) is 5.75 Å². The van der Waals surface area contributed by atoms with Crippen LogP contribution in [0.5, 0.6) is 0 Å². The van der Waals surface area contributed by atoms with Crippen molar-refractivity contribution in [3.05, 3.63) is 39.3 Å². The quantitative estimate of drug-likeness (QED) is 0.738. The van der Waals surface area contributed by atoms with Gasteiger partial charge in [0.1, 0.15) is 0 Å². The first-order valence-electron chi connectivity index (χ1n) is 8.64. The molecule has 0 atom stereocenters. The Labute approximate surface area is 154 Å². The zero-order chi connectivity index (χ0) is 18.0. The molecule has 8 heteroatoms. The van der Waals surface area contributed by atoms with Crippen LogP contribution in [0.25, 0.3) is 0 Å². The Hall–Kier alpha value is -1.22. The summed E-state index contributed by atoms with van der Waals surface area (Å²) < 4.78 is 28.1. The molecule has 0 saturated heterocycles. The molecule has 1 aliphatic rings.